The van der Waals surface area contributed by atoms with E-state index >= 15 is 0 Å². The molecular formula is C12H15NO2. The molecule has 3 nitrogen and oxygen atoms in total. The summed E-state index contributed by atoms with van der Waals surface area (Å²) in [4.78, 5) is 10.9. The highest BCUT2D eigenvalue weighted by molar-refractivity contribution is 5.73. The van der Waals surface area contributed by atoms with Crippen LogP contribution in [0.3, 0.4) is 0 Å². The third-order valence-electron chi connectivity index (χ3n) is 2.66. The topological polar surface area (TPSA) is 38.3 Å². The first-order valence-electron chi connectivity index (χ1n) is 5.18. The van der Waals surface area contributed by atoms with Crippen LogP contribution >= 0.6 is 0 Å². The van der Waals surface area contributed by atoms with Gasteiger partial charge in [-0.2, -0.15) is 0 Å². The molecule has 0 saturated heterocycles. The predicted molar refractivity (Wildman–Crippen MR) is 57.8 cm³/mol. The van der Waals surface area contributed by atoms with E-state index in [1.807, 2.05) is 25.1 Å². The largest absolute Gasteiger partial charge is 0.488 e. The van der Waals surface area contributed by atoms with Crippen molar-refractivity contribution in [2.45, 2.75) is 32.4 Å². The molecule has 0 fully saturated rings. The molecule has 0 saturated carbocycles. The minimum atomic E-state index is -0.0120. The fourth-order valence-corrected chi connectivity index (χ4v) is 1.90. The van der Waals surface area contributed by atoms with Gasteiger partial charge in [0.2, 0.25) is 5.91 Å². The molecule has 1 aromatic carbocycles. The molecule has 0 aromatic heterocycles. The molecule has 80 valence electrons. The van der Waals surface area contributed by atoms with Crippen LogP contribution in [0.25, 0.3) is 0 Å². The summed E-state index contributed by atoms with van der Waals surface area (Å²) in [6.45, 7) is 3.50. The van der Waals surface area contributed by atoms with Crippen molar-refractivity contribution in [1.82, 2.24) is 5.32 Å². The van der Waals surface area contributed by atoms with Gasteiger partial charge in [-0.05, 0) is 18.6 Å². The van der Waals surface area contributed by atoms with Crippen molar-refractivity contribution in [2.24, 2.45) is 0 Å². The number of rotatable bonds is 2. The molecule has 0 spiro atoms. The first-order chi connectivity index (χ1) is 7.16. The lowest BCUT2D eigenvalue weighted by Gasteiger charge is -2.19. The maximum absolute atomic E-state index is 10.9. The van der Waals surface area contributed by atoms with Crippen LogP contribution < -0.4 is 10.1 Å². The fourth-order valence-electron chi connectivity index (χ4n) is 1.90. The smallest absolute Gasteiger partial charge is 0.217 e. The second-order valence-electron chi connectivity index (χ2n) is 3.96. The number of carbonyl (C=O) groups excluding carboxylic acids is 1. The fraction of sp³-hybridized carbons (Fsp3) is 0.417. The van der Waals surface area contributed by atoms with Crippen molar-refractivity contribution in [1.29, 1.82) is 0 Å². The van der Waals surface area contributed by atoms with Crippen LogP contribution in [-0.2, 0) is 11.2 Å². The Bertz CT molecular complexity index is 351. The number of ether oxygens (including phenoxy) is 1. The van der Waals surface area contributed by atoms with Crippen LogP contribution in [0.1, 0.15) is 19.4 Å². The molecular weight excluding hydrogens is 190 g/mol. The van der Waals surface area contributed by atoms with Crippen molar-refractivity contribution in [3.05, 3.63) is 29.8 Å². The van der Waals surface area contributed by atoms with Gasteiger partial charge in [-0.15, -0.1) is 0 Å². The number of benzene rings is 1. The Hall–Kier alpha value is -1.51. The molecule has 1 amide bonds. The molecule has 1 heterocycles. The number of nitrogens with one attached hydrogen (secondary N) is 1. The second-order valence-corrected chi connectivity index (χ2v) is 3.96. The Kier molecular flexibility index (Phi) is 2.62. The minimum Gasteiger partial charge on any atom is -0.488 e. The second kappa shape index (κ2) is 3.93. The van der Waals surface area contributed by atoms with Crippen molar-refractivity contribution in [3.8, 4) is 5.75 Å². The van der Waals surface area contributed by atoms with Crippen LogP contribution in [0.4, 0.5) is 0 Å². The van der Waals surface area contributed by atoms with Crippen molar-refractivity contribution >= 4 is 5.91 Å². The van der Waals surface area contributed by atoms with Gasteiger partial charge in [0.05, 0.1) is 6.04 Å². The number of hydrogen-bond acceptors (Lipinski definition) is 2. The maximum Gasteiger partial charge on any atom is 0.217 e. The molecule has 0 bridgehead atoms. The molecule has 2 atom stereocenters. The van der Waals surface area contributed by atoms with Crippen LogP contribution in [-0.4, -0.2) is 18.1 Å². The van der Waals surface area contributed by atoms with Crippen LogP contribution in [0.5, 0.6) is 5.75 Å². The SMILES string of the molecule is CC(=O)N[C@@H](C)[C@@H]1Cc2ccccc2O1. The van der Waals surface area contributed by atoms with Gasteiger partial charge in [-0.25, -0.2) is 0 Å². The molecule has 0 aliphatic carbocycles. The van der Waals surface area contributed by atoms with Crippen molar-refractivity contribution in [2.75, 3.05) is 0 Å². The van der Waals surface area contributed by atoms with E-state index in [0.29, 0.717) is 0 Å². The zero-order valence-corrected chi connectivity index (χ0v) is 8.99. The molecule has 1 aliphatic heterocycles. The maximum atomic E-state index is 10.9. The van der Waals surface area contributed by atoms with Gasteiger partial charge in [-0.1, -0.05) is 18.2 Å². The predicted octanol–water partition coefficient (Wildman–Crippen LogP) is 1.51. The summed E-state index contributed by atoms with van der Waals surface area (Å²) in [7, 11) is 0. The summed E-state index contributed by atoms with van der Waals surface area (Å²) in [5, 5.41) is 2.86. The van der Waals surface area contributed by atoms with Gasteiger partial charge in [0, 0.05) is 13.3 Å². The molecule has 1 aromatic rings. The summed E-state index contributed by atoms with van der Waals surface area (Å²) in [5.74, 6) is 0.932. The van der Waals surface area contributed by atoms with E-state index in [4.69, 9.17) is 4.74 Å². The number of hydrogen-bond donors (Lipinski definition) is 1. The van der Waals surface area contributed by atoms with E-state index in [9.17, 15) is 4.79 Å². The molecule has 1 N–H and O–H groups in total. The van der Waals surface area contributed by atoms with E-state index in [0.717, 1.165) is 12.2 Å². The monoisotopic (exact) mass is 205 g/mol. The van der Waals surface area contributed by atoms with E-state index < -0.39 is 0 Å². The van der Waals surface area contributed by atoms with Crippen LogP contribution in [0.15, 0.2) is 24.3 Å². The quantitative estimate of drug-likeness (QED) is 0.794. The van der Waals surface area contributed by atoms with Gasteiger partial charge in [-0.3, -0.25) is 4.79 Å². The summed E-state index contributed by atoms with van der Waals surface area (Å²) >= 11 is 0. The Morgan fingerprint density at radius 3 is 2.93 bits per heavy atom. The highest BCUT2D eigenvalue weighted by atomic mass is 16.5. The highest BCUT2D eigenvalue weighted by Gasteiger charge is 2.27. The first-order valence-corrected chi connectivity index (χ1v) is 5.18. The number of carbonyl (C=O) groups is 1. The van der Waals surface area contributed by atoms with Gasteiger partial charge in [0.25, 0.3) is 0 Å². The highest BCUT2D eigenvalue weighted by Crippen LogP contribution is 2.29. The summed E-state index contributed by atoms with van der Waals surface area (Å²) in [6, 6.07) is 8.05. The number of amides is 1. The third kappa shape index (κ3) is 2.12. The van der Waals surface area contributed by atoms with Crippen molar-refractivity contribution < 1.29 is 9.53 Å². The molecule has 0 radical (unpaired) electrons. The normalized spacial score (nSPS) is 20.3. The number of para-hydroxylation sites is 1. The Morgan fingerprint density at radius 2 is 2.27 bits per heavy atom. The lowest BCUT2D eigenvalue weighted by atomic mass is 10.1. The summed E-state index contributed by atoms with van der Waals surface area (Å²) in [6.07, 6.45) is 0.934. The summed E-state index contributed by atoms with van der Waals surface area (Å²) < 4.78 is 5.75. The van der Waals surface area contributed by atoms with E-state index in [2.05, 4.69) is 11.4 Å². The minimum absolute atomic E-state index is 0.0120. The molecule has 3 heteroatoms. The van der Waals surface area contributed by atoms with Gasteiger partial charge in [0.1, 0.15) is 11.9 Å². The zero-order valence-electron chi connectivity index (χ0n) is 8.99. The lowest BCUT2D eigenvalue weighted by Crippen LogP contribution is -2.42. The average Bonchev–Trinajstić information content (AvgIpc) is 2.59. The van der Waals surface area contributed by atoms with Gasteiger partial charge < -0.3 is 10.1 Å². The van der Waals surface area contributed by atoms with Crippen LogP contribution in [0, 0.1) is 0 Å². The standard InChI is InChI=1S/C12H15NO2/c1-8(13-9(2)14)12-7-10-5-3-4-6-11(10)15-12/h3-6,8,12H,7H2,1-2H3,(H,13,14)/t8-,12-/m0/s1. The Labute approximate surface area is 89.4 Å². The van der Waals surface area contributed by atoms with Gasteiger partial charge >= 0.3 is 0 Å². The Balaban J connectivity index is 2.03. The van der Waals surface area contributed by atoms with E-state index in [1.165, 1.54) is 12.5 Å². The summed E-state index contributed by atoms with van der Waals surface area (Å²) in [5.41, 5.74) is 1.22. The zero-order chi connectivity index (χ0) is 10.8. The molecule has 0 unspecified atom stereocenters. The van der Waals surface area contributed by atoms with Crippen molar-refractivity contribution in [3.63, 3.8) is 0 Å². The van der Waals surface area contributed by atoms with E-state index in [-0.39, 0.29) is 18.1 Å². The third-order valence-corrected chi connectivity index (χ3v) is 2.66. The Morgan fingerprint density at radius 1 is 1.53 bits per heavy atom. The molecule has 1 aliphatic rings. The van der Waals surface area contributed by atoms with E-state index in [1.54, 1.807) is 0 Å². The number of fused-ring (bicyclic) bond motifs is 1. The van der Waals surface area contributed by atoms with Crippen LogP contribution in [0.2, 0.25) is 0 Å². The van der Waals surface area contributed by atoms with Gasteiger partial charge in [0.15, 0.2) is 0 Å². The first kappa shape index (κ1) is 10.0. The molecule has 15 heavy (non-hydrogen) atoms. The lowest BCUT2D eigenvalue weighted by molar-refractivity contribution is -0.120. The average molecular weight is 205 g/mol. The molecule has 2 rings (SSSR count).